The molecule has 1 unspecified atom stereocenters. The van der Waals surface area contributed by atoms with E-state index in [-0.39, 0.29) is 0 Å². The van der Waals surface area contributed by atoms with Crippen molar-refractivity contribution in [2.45, 2.75) is 51.6 Å². The summed E-state index contributed by atoms with van der Waals surface area (Å²) in [4.78, 5) is 11.5. The van der Waals surface area contributed by atoms with Gasteiger partial charge in [0.1, 0.15) is 12.1 Å². The second-order valence-corrected chi connectivity index (χ2v) is 6.99. The third kappa shape index (κ3) is 2.90. The van der Waals surface area contributed by atoms with E-state index in [1.54, 1.807) is 6.33 Å². The Morgan fingerprint density at radius 1 is 1.25 bits per heavy atom. The average Bonchev–Trinajstić information content (AvgIpc) is 3.20. The Balaban J connectivity index is 1.62. The molecule has 0 bridgehead atoms. The van der Waals surface area contributed by atoms with Crippen molar-refractivity contribution in [1.29, 1.82) is 0 Å². The van der Waals surface area contributed by atoms with Crippen LogP contribution in [0.1, 0.15) is 47.8 Å². The fraction of sp³-hybridized carbons (Fsp3) is 0.611. The minimum absolute atomic E-state index is 0.412. The normalized spacial score (nSPS) is 20.5. The number of hydrogen-bond donors (Lipinski definition) is 0. The quantitative estimate of drug-likeness (QED) is 0.844. The Hall–Kier alpha value is -1.95. The SMILES string of the molecule is Cc1nn(C)c(C)c1CN(c1cc(C2CCOC2)ncn1)C1CC1. The number of anilines is 1. The Morgan fingerprint density at radius 2 is 2.08 bits per heavy atom. The molecule has 1 aliphatic heterocycles. The van der Waals surface area contributed by atoms with E-state index >= 15 is 0 Å². The molecule has 1 saturated heterocycles. The van der Waals surface area contributed by atoms with Gasteiger partial charge in [-0.3, -0.25) is 4.68 Å². The highest BCUT2D eigenvalue weighted by molar-refractivity contribution is 5.45. The van der Waals surface area contributed by atoms with Crippen LogP contribution in [-0.2, 0) is 18.3 Å². The lowest BCUT2D eigenvalue weighted by Gasteiger charge is -2.24. The van der Waals surface area contributed by atoms with Gasteiger partial charge < -0.3 is 9.64 Å². The topological polar surface area (TPSA) is 56.1 Å². The van der Waals surface area contributed by atoms with Crippen molar-refractivity contribution in [3.63, 3.8) is 0 Å². The van der Waals surface area contributed by atoms with Gasteiger partial charge in [0.05, 0.1) is 18.0 Å². The van der Waals surface area contributed by atoms with Gasteiger partial charge in [0.2, 0.25) is 0 Å². The molecular formula is C18H25N5O. The van der Waals surface area contributed by atoms with Crippen LogP contribution in [0.2, 0.25) is 0 Å². The summed E-state index contributed by atoms with van der Waals surface area (Å²) in [5.41, 5.74) is 4.77. The van der Waals surface area contributed by atoms with Gasteiger partial charge in [-0.2, -0.15) is 5.10 Å². The lowest BCUT2D eigenvalue weighted by atomic mass is 10.0. The van der Waals surface area contributed by atoms with Crippen molar-refractivity contribution < 1.29 is 4.74 Å². The number of hydrogen-bond acceptors (Lipinski definition) is 5. The minimum Gasteiger partial charge on any atom is -0.381 e. The van der Waals surface area contributed by atoms with Crippen LogP contribution in [0.3, 0.4) is 0 Å². The molecule has 2 aromatic rings. The zero-order chi connectivity index (χ0) is 16.7. The summed E-state index contributed by atoms with van der Waals surface area (Å²) in [7, 11) is 2.01. The van der Waals surface area contributed by atoms with Crippen molar-refractivity contribution in [3.05, 3.63) is 35.0 Å². The Kier molecular flexibility index (Phi) is 4.00. The molecule has 24 heavy (non-hydrogen) atoms. The fourth-order valence-corrected chi connectivity index (χ4v) is 3.51. The molecule has 1 saturated carbocycles. The van der Waals surface area contributed by atoms with Crippen LogP contribution >= 0.6 is 0 Å². The zero-order valence-corrected chi connectivity index (χ0v) is 14.7. The lowest BCUT2D eigenvalue weighted by molar-refractivity contribution is 0.193. The van der Waals surface area contributed by atoms with E-state index in [1.807, 2.05) is 11.7 Å². The van der Waals surface area contributed by atoms with Gasteiger partial charge in [-0.15, -0.1) is 0 Å². The first kappa shape index (κ1) is 15.6. The van der Waals surface area contributed by atoms with Crippen LogP contribution < -0.4 is 4.90 Å². The molecule has 3 heterocycles. The minimum atomic E-state index is 0.412. The molecule has 1 atom stereocenters. The first-order valence-corrected chi connectivity index (χ1v) is 8.79. The van der Waals surface area contributed by atoms with Gasteiger partial charge in [-0.05, 0) is 33.1 Å². The maximum Gasteiger partial charge on any atom is 0.132 e. The summed E-state index contributed by atoms with van der Waals surface area (Å²) in [5.74, 6) is 1.45. The van der Waals surface area contributed by atoms with Crippen molar-refractivity contribution in [2.75, 3.05) is 18.1 Å². The summed E-state index contributed by atoms with van der Waals surface area (Å²) < 4.78 is 7.49. The van der Waals surface area contributed by atoms with E-state index in [0.717, 1.165) is 43.4 Å². The number of nitrogens with zero attached hydrogens (tertiary/aromatic N) is 5. The molecule has 2 fully saturated rings. The van der Waals surface area contributed by atoms with Crippen LogP contribution in [0.4, 0.5) is 5.82 Å². The number of ether oxygens (including phenoxy) is 1. The maximum absolute atomic E-state index is 5.52. The summed E-state index contributed by atoms with van der Waals surface area (Å²) in [6.07, 6.45) is 5.25. The molecule has 0 spiro atoms. The predicted molar refractivity (Wildman–Crippen MR) is 92.1 cm³/mol. The third-order valence-electron chi connectivity index (χ3n) is 5.29. The van der Waals surface area contributed by atoms with E-state index in [2.05, 4.69) is 39.9 Å². The van der Waals surface area contributed by atoms with Crippen LogP contribution in [0.5, 0.6) is 0 Å². The van der Waals surface area contributed by atoms with Gasteiger partial charge in [0.15, 0.2) is 0 Å². The zero-order valence-electron chi connectivity index (χ0n) is 14.7. The molecule has 2 aromatic heterocycles. The second kappa shape index (κ2) is 6.16. The van der Waals surface area contributed by atoms with Crippen molar-refractivity contribution >= 4 is 5.82 Å². The van der Waals surface area contributed by atoms with Crippen molar-refractivity contribution in [3.8, 4) is 0 Å². The summed E-state index contributed by atoms with van der Waals surface area (Å²) in [5, 5.41) is 4.56. The number of aromatic nitrogens is 4. The molecular weight excluding hydrogens is 302 g/mol. The predicted octanol–water partition coefficient (Wildman–Crippen LogP) is 2.50. The first-order valence-electron chi connectivity index (χ1n) is 8.79. The highest BCUT2D eigenvalue weighted by Gasteiger charge is 2.32. The Bertz CT molecular complexity index is 731. The number of rotatable bonds is 5. The first-order chi connectivity index (χ1) is 11.6. The summed E-state index contributed by atoms with van der Waals surface area (Å²) in [6, 6.07) is 2.75. The Morgan fingerprint density at radius 3 is 2.71 bits per heavy atom. The van der Waals surface area contributed by atoms with Crippen LogP contribution in [-0.4, -0.2) is 39.0 Å². The van der Waals surface area contributed by atoms with E-state index in [0.29, 0.717) is 12.0 Å². The highest BCUT2D eigenvalue weighted by Crippen LogP contribution is 2.34. The molecule has 1 aliphatic carbocycles. The van der Waals surface area contributed by atoms with Crippen LogP contribution in [0, 0.1) is 13.8 Å². The largest absolute Gasteiger partial charge is 0.381 e. The van der Waals surface area contributed by atoms with Gasteiger partial charge in [-0.25, -0.2) is 9.97 Å². The van der Waals surface area contributed by atoms with Crippen LogP contribution in [0.15, 0.2) is 12.4 Å². The molecule has 6 heteroatoms. The molecule has 0 radical (unpaired) electrons. The summed E-state index contributed by atoms with van der Waals surface area (Å²) in [6.45, 7) is 6.72. The molecule has 0 amide bonds. The molecule has 0 N–H and O–H groups in total. The van der Waals surface area contributed by atoms with Gasteiger partial charge in [0.25, 0.3) is 0 Å². The number of aryl methyl sites for hydroxylation is 2. The van der Waals surface area contributed by atoms with Crippen molar-refractivity contribution in [1.82, 2.24) is 19.7 Å². The molecule has 4 rings (SSSR count). The molecule has 6 nitrogen and oxygen atoms in total. The highest BCUT2D eigenvalue weighted by atomic mass is 16.5. The molecule has 0 aromatic carbocycles. The van der Waals surface area contributed by atoms with E-state index in [4.69, 9.17) is 4.74 Å². The molecule has 2 aliphatic rings. The standard InChI is InChI=1S/C18H25N5O/c1-12-16(13(2)22(3)21-12)9-23(15-4-5-15)18-8-17(19-11-20-18)14-6-7-24-10-14/h8,11,14-15H,4-7,9-10H2,1-3H3. The van der Waals surface area contributed by atoms with Gasteiger partial charge in [-0.1, -0.05) is 0 Å². The molecule has 128 valence electrons. The van der Waals surface area contributed by atoms with Crippen LogP contribution in [0.25, 0.3) is 0 Å². The van der Waals surface area contributed by atoms with E-state index in [9.17, 15) is 0 Å². The third-order valence-corrected chi connectivity index (χ3v) is 5.29. The van der Waals surface area contributed by atoms with E-state index < -0.39 is 0 Å². The smallest absolute Gasteiger partial charge is 0.132 e. The van der Waals surface area contributed by atoms with Crippen molar-refractivity contribution in [2.24, 2.45) is 7.05 Å². The maximum atomic E-state index is 5.52. The van der Waals surface area contributed by atoms with E-state index in [1.165, 1.54) is 24.1 Å². The lowest BCUT2D eigenvalue weighted by Crippen LogP contribution is -2.27. The van der Waals surface area contributed by atoms with Gasteiger partial charge in [0, 0.05) is 49.5 Å². The second-order valence-electron chi connectivity index (χ2n) is 6.99. The fourth-order valence-electron chi connectivity index (χ4n) is 3.51. The Labute approximate surface area is 142 Å². The van der Waals surface area contributed by atoms with Gasteiger partial charge >= 0.3 is 0 Å². The monoisotopic (exact) mass is 327 g/mol. The average molecular weight is 327 g/mol. The summed E-state index contributed by atoms with van der Waals surface area (Å²) >= 11 is 0.